The summed E-state index contributed by atoms with van der Waals surface area (Å²) in [5, 5.41) is 0.658. The number of hydrogen-bond acceptors (Lipinski definition) is 7. The van der Waals surface area contributed by atoms with Gasteiger partial charge in [-0.25, -0.2) is 4.98 Å². The Hall–Kier alpha value is -3.00. The molecule has 1 fully saturated rings. The number of fused-ring (bicyclic) bond motifs is 1. The van der Waals surface area contributed by atoms with Crippen LogP contribution >= 0.6 is 11.3 Å². The topological polar surface area (TPSA) is 70.1 Å². The second-order valence-electron chi connectivity index (χ2n) is 6.98. The summed E-state index contributed by atoms with van der Waals surface area (Å²) in [6.07, 6.45) is 1.60. The molecule has 1 amide bonds. The monoisotopic (exact) mass is 428 g/mol. The van der Waals surface area contributed by atoms with E-state index < -0.39 is 0 Å². The Labute approximate surface area is 179 Å². The Kier molecular flexibility index (Phi) is 6.23. The highest BCUT2D eigenvalue weighted by Gasteiger charge is 2.25. The summed E-state index contributed by atoms with van der Waals surface area (Å²) in [7, 11) is 3.26. The number of aromatic nitrogens is 1. The molecule has 0 unspecified atom stereocenters. The summed E-state index contributed by atoms with van der Waals surface area (Å²) in [6, 6.07) is 13.0. The zero-order valence-electron chi connectivity index (χ0n) is 17.0. The second kappa shape index (κ2) is 9.21. The minimum Gasteiger partial charge on any atom is -0.497 e. The molecule has 3 aromatic rings. The molecule has 30 heavy (non-hydrogen) atoms. The van der Waals surface area contributed by atoms with Crippen molar-refractivity contribution in [1.29, 1.82) is 0 Å². The Balaban J connectivity index is 1.25. The average Bonchev–Trinajstić information content (AvgIpc) is 3.19. The van der Waals surface area contributed by atoms with E-state index in [0.717, 1.165) is 34.6 Å². The van der Waals surface area contributed by atoms with Crippen molar-refractivity contribution in [3.05, 3.63) is 42.5 Å². The van der Waals surface area contributed by atoms with Crippen LogP contribution in [-0.2, 0) is 4.79 Å². The smallest absolute Gasteiger partial charge is 0.274 e. The number of amides is 1. The highest BCUT2D eigenvalue weighted by molar-refractivity contribution is 7.20. The molecule has 1 aliphatic heterocycles. The number of methoxy groups -OCH3 is 2. The van der Waals surface area contributed by atoms with E-state index in [9.17, 15) is 4.79 Å². The number of carbonyl (C=O) groups is 1. The van der Waals surface area contributed by atoms with Gasteiger partial charge in [-0.2, -0.15) is 0 Å². The SMILES string of the molecule is COc1ccc(OCC(=O)N2CCC(Oc3nc4ccc(OC)cc4s3)CC2)cc1. The molecule has 8 heteroatoms. The summed E-state index contributed by atoms with van der Waals surface area (Å²) in [5.41, 5.74) is 0.902. The Morgan fingerprint density at radius 1 is 1.03 bits per heavy atom. The van der Waals surface area contributed by atoms with Crippen LogP contribution in [-0.4, -0.2) is 55.8 Å². The molecular formula is C22H24N2O5S. The minimum atomic E-state index is -0.0173. The van der Waals surface area contributed by atoms with Gasteiger partial charge in [-0.05, 0) is 42.5 Å². The van der Waals surface area contributed by atoms with Crippen LogP contribution in [0.25, 0.3) is 10.2 Å². The van der Waals surface area contributed by atoms with Gasteiger partial charge in [0.15, 0.2) is 6.61 Å². The maximum absolute atomic E-state index is 12.5. The van der Waals surface area contributed by atoms with E-state index in [2.05, 4.69) is 4.98 Å². The molecule has 0 saturated carbocycles. The third kappa shape index (κ3) is 4.76. The first-order valence-electron chi connectivity index (χ1n) is 9.80. The first kappa shape index (κ1) is 20.3. The third-order valence-electron chi connectivity index (χ3n) is 5.06. The lowest BCUT2D eigenvalue weighted by Crippen LogP contribution is -2.43. The lowest BCUT2D eigenvalue weighted by molar-refractivity contribution is -0.135. The van der Waals surface area contributed by atoms with Crippen molar-refractivity contribution < 1.29 is 23.7 Å². The van der Waals surface area contributed by atoms with Gasteiger partial charge in [-0.3, -0.25) is 4.79 Å². The summed E-state index contributed by atoms with van der Waals surface area (Å²) in [6.45, 7) is 1.32. The molecule has 1 saturated heterocycles. The van der Waals surface area contributed by atoms with Gasteiger partial charge in [0.2, 0.25) is 0 Å². The number of ether oxygens (including phenoxy) is 4. The van der Waals surface area contributed by atoms with Crippen molar-refractivity contribution in [2.45, 2.75) is 18.9 Å². The van der Waals surface area contributed by atoms with Crippen LogP contribution in [0.2, 0.25) is 0 Å². The van der Waals surface area contributed by atoms with Gasteiger partial charge >= 0.3 is 0 Å². The minimum absolute atomic E-state index is 0.0173. The molecule has 0 N–H and O–H groups in total. The number of carbonyl (C=O) groups excluding carboxylic acids is 1. The molecule has 1 aromatic heterocycles. The summed E-state index contributed by atoms with van der Waals surface area (Å²) >= 11 is 1.51. The van der Waals surface area contributed by atoms with Crippen LogP contribution in [0.4, 0.5) is 0 Å². The molecule has 0 radical (unpaired) electrons. The molecule has 7 nitrogen and oxygen atoms in total. The van der Waals surface area contributed by atoms with Crippen LogP contribution in [0.15, 0.2) is 42.5 Å². The van der Waals surface area contributed by atoms with Crippen LogP contribution < -0.4 is 18.9 Å². The molecule has 0 bridgehead atoms. The van der Waals surface area contributed by atoms with Gasteiger partial charge in [0.25, 0.3) is 11.1 Å². The molecule has 4 rings (SSSR count). The van der Waals surface area contributed by atoms with Gasteiger partial charge in [-0.1, -0.05) is 11.3 Å². The van der Waals surface area contributed by atoms with E-state index in [1.165, 1.54) is 11.3 Å². The molecule has 158 valence electrons. The van der Waals surface area contributed by atoms with Crippen LogP contribution in [0.5, 0.6) is 22.4 Å². The summed E-state index contributed by atoms with van der Waals surface area (Å²) in [4.78, 5) is 18.8. The number of piperidine rings is 1. The van der Waals surface area contributed by atoms with E-state index in [4.69, 9.17) is 18.9 Å². The van der Waals surface area contributed by atoms with E-state index in [1.807, 2.05) is 23.1 Å². The molecular weight excluding hydrogens is 404 g/mol. The Bertz CT molecular complexity index is 996. The zero-order valence-corrected chi connectivity index (χ0v) is 17.8. The van der Waals surface area contributed by atoms with Gasteiger partial charge in [-0.15, -0.1) is 0 Å². The fraction of sp³-hybridized carbons (Fsp3) is 0.364. The largest absolute Gasteiger partial charge is 0.497 e. The highest BCUT2D eigenvalue weighted by Crippen LogP contribution is 2.32. The van der Waals surface area contributed by atoms with E-state index >= 15 is 0 Å². The van der Waals surface area contributed by atoms with Crippen LogP contribution in [0.3, 0.4) is 0 Å². The van der Waals surface area contributed by atoms with Gasteiger partial charge in [0, 0.05) is 25.9 Å². The lowest BCUT2D eigenvalue weighted by Gasteiger charge is -2.31. The van der Waals surface area contributed by atoms with Crippen molar-refractivity contribution in [2.75, 3.05) is 33.9 Å². The number of benzene rings is 2. The summed E-state index contributed by atoms with van der Waals surface area (Å²) < 4.78 is 23.1. The maximum Gasteiger partial charge on any atom is 0.274 e. The predicted octanol–water partition coefficient (Wildman–Crippen LogP) is 3.76. The highest BCUT2D eigenvalue weighted by atomic mass is 32.1. The number of nitrogens with zero attached hydrogens (tertiary/aromatic N) is 2. The molecule has 0 spiro atoms. The Morgan fingerprint density at radius 2 is 1.70 bits per heavy atom. The number of thiazole rings is 1. The molecule has 1 aliphatic rings. The van der Waals surface area contributed by atoms with Crippen LogP contribution in [0.1, 0.15) is 12.8 Å². The van der Waals surface area contributed by atoms with Gasteiger partial charge in [0.1, 0.15) is 23.4 Å². The fourth-order valence-electron chi connectivity index (χ4n) is 3.34. The molecule has 0 aliphatic carbocycles. The predicted molar refractivity (Wildman–Crippen MR) is 115 cm³/mol. The number of rotatable bonds is 7. The van der Waals surface area contributed by atoms with Crippen molar-refractivity contribution in [3.8, 4) is 22.4 Å². The van der Waals surface area contributed by atoms with E-state index in [-0.39, 0.29) is 18.6 Å². The van der Waals surface area contributed by atoms with Crippen LogP contribution in [0, 0.1) is 0 Å². The van der Waals surface area contributed by atoms with E-state index in [0.29, 0.717) is 24.0 Å². The molecule has 2 aromatic carbocycles. The third-order valence-corrected chi connectivity index (χ3v) is 5.97. The average molecular weight is 429 g/mol. The van der Waals surface area contributed by atoms with Crippen molar-refractivity contribution in [2.24, 2.45) is 0 Å². The standard InChI is InChI=1S/C22H24N2O5S/c1-26-15-3-5-16(6-4-15)28-14-21(25)24-11-9-17(10-12-24)29-22-23-19-8-7-18(27-2)13-20(19)30-22/h3-8,13,17H,9-12,14H2,1-2H3. The number of likely N-dealkylation sites (tertiary alicyclic amines) is 1. The number of hydrogen-bond donors (Lipinski definition) is 0. The van der Waals surface area contributed by atoms with Crippen molar-refractivity contribution >= 4 is 27.5 Å². The lowest BCUT2D eigenvalue weighted by atomic mass is 10.1. The first-order valence-corrected chi connectivity index (χ1v) is 10.6. The second-order valence-corrected chi connectivity index (χ2v) is 7.97. The van der Waals surface area contributed by atoms with Gasteiger partial charge < -0.3 is 23.8 Å². The Morgan fingerprint density at radius 3 is 2.40 bits per heavy atom. The molecule has 0 atom stereocenters. The van der Waals surface area contributed by atoms with Crippen molar-refractivity contribution in [3.63, 3.8) is 0 Å². The quantitative estimate of drug-likeness (QED) is 0.571. The normalized spacial score (nSPS) is 14.5. The maximum atomic E-state index is 12.5. The van der Waals surface area contributed by atoms with Gasteiger partial charge in [0.05, 0.1) is 24.4 Å². The van der Waals surface area contributed by atoms with Crippen molar-refractivity contribution in [1.82, 2.24) is 9.88 Å². The first-order chi connectivity index (χ1) is 14.6. The summed E-state index contributed by atoms with van der Waals surface area (Å²) in [5.74, 6) is 2.19. The molecule has 2 heterocycles. The fourth-order valence-corrected chi connectivity index (χ4v) is 4.24. The van der Waals surface area contributed by atoms with E-state index in [1.54, 1.807) is 38.5 Å². The zero-order chi connectivity index (χ0) is 20.9.